The minimum Gasteiger partial charge on any atom is -0.504 e. The molecule has 1 aliphatic rings. The lowest BCUT2D eigenvalue weighted by Crippen LogP contribution is -2.38. The van der Waals surface area contributed by atoms with Crippen molar-refractivity contribution in [3.63, 3.8) is 0 Å². The van der Waals surface area contributed by atoms with Gasteiger partial charge >= 0.3 is 0 Å². The molecule has 0 unspecified atom stereocenters. The fourth-order valence-electron chi connectivity index (χ4n) is 2.83. The Bertz CT molecular complexity index is 728. The molecule has 2 aromatic carbocycles. The molecule has 2 aromatic rings. The van der Waals surface area contributed by atoms with E-state index in [4.69, 9.17) is 16.3 Å². The second-order valence-corrected chi connectivity index (χ2v) is 6.15. The zero-order chi connectivity index (χ0) is 17.1. The summed E-state index contributed by atoms with van der Waals surface area (Å²) in [5.41, 5.74) is 0.264. The standard InChI is InChI=1S/C18H17ClFNO3/c19-13-2-4-14(5-3-13)24-15-7-9-21(10-8-15)16-6-1-12(11-22)18(23)17(16)20/h1-6,11,15,23H,7-10H2. The van der Waals surface area contributed by atoms with Crippen LogP contribution in [-0.4, -0.2) is 30.6 Å². The highest BCUT2D eigenvalue weighted by atomic mass is 35.5. The third-order valence-corrected chi connectivity index (χ3v) is 4.40. The molecule has 3 rings (SSSR count). The van der Waals surface area contributed by atoms with Crippen molar-refractivity contribution in [3.8, 4) is 11.5 Å². The Morgan fingerprint density at radius 3 is 2.46 bits per heavy atom. The molecule has 1 heterocycles. The van der Waals surface area contributed by atoms with Crippen LogP contribution in [-0.2, 0) is 0 Å². The number of nitrogens with zero attached hydrogens (tertiary/aromatic N) is 1. The fraction of sp³-hybridized carbons (Fsp3) is 0.278. The average molecular weight is 350 g/mol. The predicted octanol–water partition coefficient (Wildman–Crippen LogP) is 4.05. The Morgan fingerprint density at radius 2 is 1.83 bits per heavy atom. The highest BCUT2D eigenvalue weighted by Gasteiger charge is 2.24. The van der Waals surface area contributed by atoms with Gasteiger partial charge in [0.1, 0.15) is 11.9 Å². The predicted molar refractivity (Wildman–Crippen MR) is 90.8 cm³/mol. The van der Waals surface area contributed by atoms with Crippen LogP contribution in [0.3, 0.4) is 0 Å². The van der Waals surface area contributed by atoms with E-state index in [2.05, 4.69) is 0 Å². The van der Waals surface area contributed by atoms with Gasteiger partial charge in [-0.2, -0.15) is 0 Å². The second kappa shape index (κ2) is 7.09. The summed E-state index contributed by atoms with van der Waals surface area (Å²) in [5.74, 6) is -0.587. The largest absolute Gasteiger partial charge is 0.504 e. The van der Waals surface area contributed by atoms with E-state index in [1.807, 2.05) is 17.0 Å². The number of phenols is 1. The van der Waals surface area contributed by atoms with Crippen LogP contribution in [0.1, 0.15) is 23.2 Å². The smallest absolute Gasteiger partial charge is 0.188 e. The van der Waals surface area contributed by atoms with Gasteiger partial charge in [-0.05, 0) is 36.4 Å². The van der Waals surface area contributed by atoms with Crippen molar-refractivity contribution >= 4 is 23.6 Å². The third-order valence-electron chi connectivity index (χ3n) is 4.15. The Labute approximate surface area is 144 Å². The van der Waals surface area contributed by atoms with Gasteiger partial charge in [-0.1, -0.05) is 11.6 Å². The number of piperidine rings is 1. The molecule has 0 bridgehead atoms. The number of aldehydes is 1. The maximum Gasteiger partial charge on any atom is 0.188 e. The molecule has 1 aliphatic heterocycles. The molecule has 1 fully saturated rings. The summed E-state index contributed by atoms with van der Waals surface area (Å²) >= 11 is 5.85. The van der Waals surface area contributed by atoms with Crippen molar-refractivity contribution in [2.45, 2.75) is 18.9 Å². The molecule has 0 saturated carbocycles. The number of carbonyl (C=O) groups excluding carboxylic acids is 1. The van der Waals surface area contributed by atoms with Crippen LogP contribution < -0.4 is 9.64 Å². The first-order valence-corrected chi connectivity index (χ1v) is 8.10. The van der Waals surface area contributed by atoms with Crippen molar-refractivity contribution in [1.82, 2.24) is 0 Å². The number of ether oxygens (including phenoxy) is 1. The number of aromatic hydroxyl groups is 1. The van der Waals surface area contributed by atoms with Crippen molar-refractivity contribution in [3.05, 3.63) is 52.8 Å². The molecule has 126 valence electrons. The topological polar surface area (TPSA) is 49.8 Å². The van der Waals surface area contributed by atoms with Crippen LogP contribution in [0.15, 0.2) is 36.4 Å². The Kier molecular flexibility index (Phi) is 4.90. The number of anilines is 1. The molecule has 0 aromatic heterocycles. The molecule has 1 N–H and O–H groups in total. The Balaban J connectivity index is 1.64. The first-order chi connectivity index (χ1) is 11.6. The van der Waals surface area contributed by atoms with Crippen LogP contribution in [0.2, 0.25) is 5.02 Å². The lowest BCUT2D eigenvalue weighted by Gasteiger charge is -2.34. The number of hydrogen-bond acceptors (Lipinski definition) is 4. The van der Waals surface area contributed by atoms with E-state index < -0.39 is 11.6 Å². The molecular formula is C18H17ClFNO3. The van der Waals surface area contributed by atoms with Crippen molar-refractivity contribution < 1.29 is 19.0 Å². The van der Waals surface area contributed by atoms with E-state index in [0.29, 0.717) is 30.1 Å². The summed E-state index contributed by atoms with van der Waals surface area (Å²) in [4.78, 5) is 12.6. The molecule has 4 nitrogen and oxygen atoms in total. The maximum absolute atomic E-state index is 14.2. The summed E-state index contributed by atoms with van der Waals surface area (Å²) in [7, 11) is 0. The zero-order valence-electron chi connectivity index (χ0n) is 12.9. The van der Waals surface area contributed by atoms with Crippen LogP contribution in [0.5, 0.6) is 11.5 Å². The Morgan fingerprint density at radius 1 is 1.17 bits per heavy atom. The molecule has 0 aliphatic carbocycles. The SMILES string of the molecule is O=Cc1ccc(N2CCC(Oc3ccc(Cl)cc3)CC2)c(F)c1O. The number of carbonyl (C=O) groups is 1. The molecule has 0 radical (unpaired) electrons. The summed E-state index contributed by atoms with van der Waals surface area (Å²) in [5, 5.41) is 10.4. The van der Waals surface area contributed by atoms with Crippen molar-refractivity contribution in [2.24, 2.45) is 0 Å². The number of benzene rings is 2. The monoisotopic (exact) mass is 349 g/mol. The molecule has 0 atom stereocenters. The van der Waals surface area contributed by atoms with Gasteiger partial charge in [0.05, 0.1) is 11.3 Å². The second-order valence-electron chi connectivity index (χ2n) is 5.71. The van der Waals surface area contributed by atoms with E-state index in [-0.39, 0.29) is 11.7 Å². The fourth-order valence-corrected chi connectivity index (χ4v) is 2.95. The molecule has 0 amide bonds. The normalized spacial score (nSPS) is 15.3. The average Bonchev–Trinajstić information content (AvgIpc) is 2.60. The van der Waals surface area contributed by atoms with Gasteiger partial charge in [0.25, 0.3) is 0 Å². The van der Waals surface area contributed by atoms with Gasteiger partial charge in [-0.3, -0.25) is 4.79 Å². The number of rotatable bonds is 4. The summed E-state index contributed by atoms with van der Waals surface area (Å²) < 4.78 is 20.1. The van der Waals surface area contributed by atoms with E-state index in [0.717, 1.165) is 18.6 Å². The van der Waals surface area contributed by atoms with Gasteiger partial charge in [-0.15, -0.1) is 0 Å². The quantitative estimate of drug-likeness (QED) is 0.846. The van der Waals surface area contributed by atoms with E-state index in [1.54, 1.807) is 12.1 Å². The van der Waals surface area contributed by atoms with Gasteiger partial charge < -0.3 is 14.7 Å². The van der Waals surface area contributed by atoms with Crippen LogP contribution >= 0.6 is 11.6 Å². The summed E-state index contributed by atoms with van der Waals surface area (Å²) in [6.07, 6.45) is 1.96. The van der Waals surface area contributed by atoms with Crippen molar-refractivity contribution in [2.75, 3.05) is 18.0 Å². The third kappa shape index (κ3) is 3.46. The lowest BCUT2D eigenvalue weighted by molar-refractivity contribution is 0.112. The van der Waals surface area contributed by atoms with E-state index >= 15 is 0 Å². The van der Waals surface area contributed by atoms with Gasteiger partial charge in [0.2, 0.25) is 0 Å². The highest BCUT2D eigenvalue weighted by molar-refractivity contribution is 6.30. The summed E-state index contributed by atoms with van der Waals surface area (Å²) in [6.45, 7) is 1.21. The lowest BCUT2D eigenvalue weighted by atomic mass is 10.1. The number of halogens is 2. The molecular weight excluding hydrogens is 333 g/mol. The number of hydrogen-bond donors (Lipinski definition) is 1. The minimum atomic E-state index is -0.753. The molecule has 1 saturated heterocycles. The van der Waals surface area contributed by atoms with E-state index in [1.165, 1.54) is 12.1 Å². The van der Waals surface area contributed by atoms with E-state index in [9.17, 15) is 14.3 Å². The highest BCUT2D eigenvalue weighted by Crippen LogP contribution is 2.31. The molecule has 6 heteroatoms. The van der Waals surface area contributed by atoms with Gasteiger partial charge in [-0.25, -0.2) is 4.39 Å². The first-order valence-electron chi connectivity index (χ1n) is 7.72. The zero-order valence-corrected chi connectivity index (χ0v) is 13.7. The van der Waals surface area contributed by atoms with Crippen LogP contribution in [0.25, 0.3) is 0 Å². The Hall–Kier alpha value is -2.27. The van der Waals surface area contributed by atoms with Crippen LogP contribution in [0.4, 0.5) is 10.1 Å². The molecule has 24 heavy (non-hydrogen) atoms. The summed E-state index contributed by atoms with van der Waals surface area (Å²) in [6, 6.07) is 10.2. The number of phenolic OH excluding ortho intramolecular Hbond substituents is 1. The molecule has 0 spiro atoms. The maximum atomic E-state index is 14.2. The van der Waals surface area contributed by atoms with Gasteiger partial charge in [0, 0.05) is 31.0 Å². The first kappa shape index (κ1) is 16.6. The van der Waals surface area contributed by atoms with Gasteiger partial charge in [0.15, 0.2) is 17.9 Å². The van der Waals surface area contributed by atoms with Crippen molar-refractivity contribution in [1.29, 1.82) is 0 Å². The minimum absolute atomic E-state index is 0.0443. The van der Waals surface area contributed by atoms with Crippen LogP contribution in [0, 0.1) is 5.82 Å².